The summed E-state index contributed by atoms with van der Waals surface area (Å²) in [5.74, 6) is 2.23. The average Bonchev–Trinajstić information content (AvgIpc) is 3.01. The molecule has 4 atom stereocenters. The third-order valence-corrected chi connectivity index (χ3v) is 6.49. The second kappa shape index (κ2) is 6.21. The molecule has 2 N–H and O–H groups in total. The van der Waals surface area contributed by atoms with E-state index in [1.165, 1.54) is 41.7 Å². The molecule has 1 aromatic rings. The number of aryl methyl sites for hydroxylation is 1. The van der Waals surface area contributed by atoms with Gasteiger partial charge in [0.05, 0.1) is 0 Å². The number of phenols is 1. The van der Waals surface area contributed by atoms with Crippen LogP contribution in [-0.2, 0) is 0 Å². The lowest BCUT2D eigenvalue weighted by molar-refractivity contribution is 0.411. The van der Waals surface area contributed by atoms with E-state index in [4.69, 9.17) is 0 Å². The summed E-state index contributed by atoms with van der Waals surface area (Å²) in [6, 6.07) is 4.86. The Labute approximate surface area is 132 Å². The lowest BCUT2D eigenvalue weighted by Crippen LogP contribution is -2.36. The van der Waals surface area contributed by atoms with Gasteiger partial charge in [-0.25, -0.2) is 0 Å². The summed E-state index contributed by atoms with van der Waals surface area (Å²) in [4.78, 5) is 0. The molecule has 3 heteroatoms. The lowest BCUT2D eigenvalue weighted by Gasteiger charge is -2.25. The van der Waals surface area contributed by atoms with Crippen LogP contribution >= 0.6 is 11.8 Å². The number of thioether (sulfide) groups is 1. The first-order chi connectivity index (χ1) is 10.1. The highest BCUT2D eigenvalue weighted by Crippen LogP contribution is 2.47. The largest absolute Gasteiger partial charge is 0.508 e. The first-order valence-electron chi connectivity index (χ1n) is 8.31. The predicted molar refractivity (Wildman–Crippen MR) is 91.3 cm³/mol. The van der Waals surface area contributed by atoms with E-state index < -0.39 is 0 Å². The molecule has 1 aromatic carbocycles. The normalized spacial score (nSPS) is 31.6. The lowest BCUT2D eigenvalue weighted by atomic mass is 9.97. The average molecular weight is 305 g/mol. The Morgan fingerprint density at radius 2 is 2.10 bits per heavy atom. The molecule has 0 spiro atoms. The summed E-state index contributed by atoms with van der Waals surface area (Å²) in [7, 11) is 0. The smallest absolute Gasteiger partial charge is 0.120 e. The zero-order valence-corrected chi connectivity index (χ0v) is 14.2. The molecule has 0 aromatic heterocycles. The Hall–Kier alpha value is -0.670. The van der Waals surface area contributed by atoms with Crippen LogP contribution in [0.25, 0.3) is 0 Å². The molecule has 3 rings (SSSR count). The van der Waals surface area contributed by atoms with E-state index in [1.807, 2.05) is 6.07 Å². The monoisotopic (exact) mass is 305 g/mol. The van der Waals surface area contributed by atoms with Gasteiger partial charge in [0.15, 0.2) is 0 Å². The second-order valence-corrected chi connectivity index (χ2v) is 8.13. The van der Waals surface area contributed by atoms with Crippen molar-refractivity contribution in [3.8, 4) is 5.75 Å². The predicted octanol–water partition coefficient (Wildman–Crippen LogP) is 4.51. The Morgan fingerprint density at radius 3 is 2.86 bits per heavy atom. The van der Waals surface area contributed by atoms with Crippen molar-refractivity contribution in [3.63, 3.8) is 0 Å². The van der Waals surface area contributed by atoms with Crippen LogP contribution in [0.15, 0.2) is 12.1 Å². The van der Waals surface area contributed by atoms with Gasteiger partial charge in [0.2, 0.25) is 0 Å². The molecule has 1 fully saturated rings. The Kier molecular flexibility index (Phi) is 4.51. The van der Waals surface area contributed by atoms with Crippen molar-refractivity contribution in [1.82, 2.24) is 5.32 Å². The maximum absolute atomic E-state index is 10.3. The molecule has 2 nitrogen and oxygen atoms in total. The van der Waals surface area contributed by atoms with Gasteiger partial charge >= 0.3 is 0 Å². The second-order valence-electron chi connectivity index (χ2n) is 6.62. The van der Waals surface area contributed by atoms with E-state index in [0.29, 0.717) is 23.8 Å². The summed E-state index contributed by atoms with van der Waals surface area (Å²) >= 11 is 2.09. The van der Waals surface area contributed by atoms with Crippen LogP contribution in [0.5, 0.6) is 5.75 Å². The van der Waals surface area contributed by atoms with E-state index >= 15 is 0 Å². The molecular weight excluding hydrogens is 278 g/mol. The SMILES string of the molecule is CCSC1CCCC1NC1CC(C)c2c(C)ccc(O)c21. The molecule has 0 radical (unpaired) electrons. The molecule has 4 unspecified atom stereocenters. The number of phenolic OH excluding ortho intramolecular Hbond substituents is 1. The number of hydrogen-bond donors (Lipinski definition) is 2. The van der Waals surface area contributed by atoms with Crippen molar-refractivity contribution in [2.45, 2.75) is 69.7 Å². The van der Waals surface area contributed by atoms with Crippen LogP contribution < -0.4 is 5.32 Å². The highest BCUT2D eigenvalue weighted by molar-refractivity contribution is 7.99. The number of nitrogens with one attached hydrogen (secondary N) is 1. The zero-order valence-electron chi connectivity index (χ0n) is 13.4. The molecule has 0 bridgehead atoms. The fourth-order valence-electron chi connectivity index (χ4n) is 4.28. The fourth-order valence-corrected chi connectivity index (χ4v) is 5.49. The number of hydrogen-bond acceptors (Lipinski definition) is 3. The van der Waals surface area contributed by atoms with Crippen LogP contribution in [0.2, 0.25) is 0 Å². The van der Waals surface area contributed by atoms with Crippen molar-refractivity contribution in [2.75, 3.05) is 5.75 Å². The summed E-state index contributed by atoms with van der Waals surface area (Å²) in [5, 5.41) is 15.0. The van der Waals surface area contributed by atoms with Gasteiger partial charge in [-0.05, 0) is 55.1 Å². The number of rotatable bonds is 4. The van der Waals surface area contributed by atoms with Crippen molar-refractivity contribution in [1.29, 1.82) is 0 Å². The number of fused-ring (bicyclic) bond motifs is 1. The Morgan fingerprint density at radius 1 is 1.29 bits per heavy atom. The van der Waals surface area contributed by atoms with Gasteiger partial charge in [-0.15, -0.1) is 0 Å². The molecule has 2 aliphatic carbocycles. The Bertz CT molecular complexity index is 516. The van der Waals surface area contributed by atoms with Crippen molar-refractivity contribution >= 4 is 11.8 Å². The molecule has 0 amide bonds. The van der Waals surface area contributed by atoms with Gasteiger partial charge in [-0.2, -0.15) is 11.8 Å². The van der Waals surface area contributed by atoms with Crippen LogP contribution in [-0.4, -0.2) is 22.2 Å². The van der Waals surface area contributed by atoms with E-state index in [9.17, 15) is 5.11 Å². The van der Waals surface area contributed by atoms with E-state index in [-0.39, 0.29) is 0 Å². The van der Waals surface area contributed by atoms with Crippen LogP contribution in [0.4, 0.5) is 0 Å². The standard InChI is InChI=1S/C18H27NOS/c1-4-21-16-7-5-6-13(16)19-14-10-12(3)17-11(2)8-9-15(20)18(14)17/h8-9,12-14,16,19-20H,4-7,10H2,1-3H3. The summed E-state index contributed by atoms with van der Waals surface area (Å²) in [6.07, 6.45) is 5.08. The molecule has 2 aliphatic rings. The topological polar surface area (TPSA) is 32.3 Å². The molecular formula is C18H27NOS. The van der Waals surface area contributed by atoms with Crippen molar-refractivity contribution < 1.29 is 5.11 Å². The molecule has 116 valence electrons. The van der Waals surface area contributed by atoms with Gasteiger partial charge in [0.1, 0.15) is 5.75 Å². The molecule has 21 heavy (non-hydrogen) atoms. The molecule has 0 heterocycles. The van der Waals surface area contributed by atoms with Gasteiger partial charge in [0.25, 0.3) is 0 Å². The van der Waals surface area contributed by atoms with Crippen molar-refractivity contribution in [3.05, 3.63) is 28.8 Å². The van der Waals surface area contributed by atoms with E-state index in [0.717, 1.165) is 11.7 Å². The fraction of sp³-hybridized carbons (Fsp3) is 0.667. The zero-order chi connectivity index (χ0) is 15.0. The third-order valence-electron chi connectivity index (χ3n) is 5.16. The highest BCUT2D eigenvalue weighted by atomic mass is 32.2. The van der Waals surface area contributed by atoms with Crippen LogP contribution in [0, 0.1) is 6.92 Å². The first kappa shape index (κ1) is 15.2. The highest BCUT2D eigenvalue weighted by Gasteiger charge is 2.36. The number of aromatic hydroxyl groups is 1. The maximum atomic E-state index is 10.3. The summed E-state index contributed by atoms with van der Waals surface area (Å²) < 4.78 is 0. The number of benzene rings is 1. The van der Waals surface area contributed by atoms with Gasteiger partial charge in [-0.3, -0.25) is 0 Å². The molecule has 0 aliphatic heterocycles. The molecule has 1 saturated carbocycles. The minimum absolute atomic E-state index is 0.331. The molecule has 0 saturated heterocycles. The minimum atomic E-state index is 0.331. The van der Waals surface area contributed by atoms with Gasteiger partial charge in [0, 0.05) is 22.9 Å². The van der Waals surface area contributed by atoms with Gasteiger partial charge in [-0.1, -0.05) is 26.3 Å². The van der Waals surface area contributed by atoms with Crippen LogP contribution in [0.1, 0.15) is 68.2 Å². The quantitative estimate of drug-likeness (QED) is 0.858. The van der Waals surface area contributed by atoms with Gasteiger partial charge < -0.3 is 10.4 Å². The summed E-state index contributed by atoms with van der Waals surface area (Å²) in [5.41, 5.74) is 3.88. The van der Waals surface area contributed by atoms with Crippen LogP contribution in [0.3, 0.4) is 0 Å². The minimum Gasteiger partial charge on any atom is -0.508 e. The Balaban J connectivity index is 1.82. The van der Waals surface area contributed by atoms with E-state index in [2.05, 4.69) is 43.9 Å². The van der Waals surface area contributed by atoms with Crippen molar-refractivity contribution in [2.24, 2.45) is 0 Å². The maximum Gasteiger partial charge on any atom is 0.120 e. The summed E-state index contributed by atoms with van der Waals surface area (Å²) in [6.45, 7) is 6.71. The first-order valence-corrected chi connectivity index (χ1v) is 9.36. The third kappa shape index (κ3) is 2.83. The van der Waals surface area contributed by atoms with E-state index in [1.54, 1.807) is 0 Å².